The summed E-state index contributed by atoms with van der Waals surface area (Å²) in [6.07, 6.45) is -0.808. The Bertz CT molecular complexity index is 690. The van der Waals surface area contributed by atoms with E-state index in [1.54, 1.807) is 19.1 Å². The van der Waals surface area contributed by atoms with Crippen LogP contribution in [0.15, 0.2) is 36.4 Å². The van der Waals surface area contributed by atoms with Crippen LogP contribution in [0.1, 0.15) is 35.3 Å². The van der Waals surface area contributed by atoms with Crippen LogP contribution in [0, 0.1) is 24.1 Å². The predicted molar refractivity (Wildman–Crippen MR) is 77.3 cm³/mol. The highest BCUT2D eigenvalue weighted by molar-refractivity contribution is 5.39. The highest BCUT2D eigenvalue weighted by Crippen LogP contribution is 2.27. The summed E-state index contributed by atoms with van der Waals surface area (Å²) in [7, 11) is 0. The van der Waals surface area contributed by atoms with E-state index in [-0.39, 0.29) is 0 Å². The Balaban J connectivity index is 2.19. The molecular formula is C17H16FNO2. The molecule has 2 aromatic rings. The maximum absolute atomic E-state index is 13.2. The largest absolute Gasteiger partial charge is 0.489 e. The zero-order valence-electron chi connectivity index (χ0n) is 11.9. The lowest BCUT2D eigenvalue weighted by molar-refractivity contribution is 0.189. The van der Waals surface area contributed by atoms with Gasteiger partial charge in [0.25, 0.3) is 0 Å². The van der Waals surface area contributed by atoms with Gasteiger partial charge in [-0.1, -0.05) is 6.07 Å². The number of benzene rings is 2. The molecule has 0 saturated heterocycles. The number of rotatable bonds is 4. The van der Waals surface area contributed by atoms with E-state index in [4.69, 9.17) is 10.00 Å². The molecule has 0 fully saturated rings. The van der Waals surface area contributed by atoms with E-state index < -0.39 is 11.9 Å². The summed E-state index contributed by atoms with van der Waals surface area (Å²) in [5, 5.41) is 18.5. The molecule has 2 rings (SSSR count). The zero-order chi connectivity index (χ0) is 15.4. The van der Waals surface area contributed by atoms with Gasteiger partial charge in [-0.2, -0.15) is 5.26 Å². The van der Waals surface area contributed by atoms with Crippen LogP contribution in [-0.2, 0) is 6.61 Å². The molecular weight excluding hydrogens is 269 g/mol. The monoisotopic (exact) mass is 285 g/mol. The molecule has 1 atom stereocenters. The Morgan fingerprint density at radius 2 is 2.05 bits per heavy atom. The molecule has 0 bridgehead atoms. The molecule has 0 saturated carbocycles. The number of nitriles is 1. The first kappa shape index (κ1) is 15.0. The molecule has 1 N–H and O–H groups in total. The van der Waals surface area contributed by atoms with Gasteiger partial charge >= 0.3 is 0 Å². The van der Waals surface area contributed by atoms with Gasteiger partial charge in [0.1, 0.15) is 18.2 Å². The van der Waals surface area contributed by atoms with Crippen LogP contribution < -0.4 is 4.74 Å². The van der Waals surface area contributed by atoms with E-state index >= 15 is 0 Å². The molecule has 0 spiro atoms. The Labute approximate surface area is 123 Å². The molecule has 0 heterocycles. The third kappa shape index (κ3) is 3.59. The fourth-order valence-electron chi connectivity index (χ4n) is 2.06. The third-order valence-electron chi connectivity index (χ3n) is 3.28. The van der Waals surface area contributed by atoms with E-state index in [2.05, 4.69) is 6.07 Å². The van der Waals surface area contributed by atoms with Crippen molar-refractivity contribution in [2.24, 2.45) is 0 Å². The first-order valence-electron chi connectivity index (χ1n) is 6.61. The summed E-state index contributed by atoms with van der Waals surface area (Å²) in [4.78, 5) is 0. The molecule has 0 aliphatic carbocycles. The van der Waals surface area contributed by atoms with Crippen LogP contribution in [0.5, 0.6) is 5.75 Å². The van der Waals surface area contributed by atoms with Crippen LogP contribution in [-0.4, -0.2) is 5.11 Å². The Morgan fingerprint density at radius 1 is 1.29 bits per heavy atom. The lowest BCUT2D eigenvalue weighted by atomic mass is 10.1. The van der Waals surface area contributed by atoms with Gasteiger partial charge in [0.15, 0.2) is 0 Å². The van der Waals surface area contributed by atoms with Gasteiger partial charge in [0.05, 0.1) is 17.7 Å². The Kier molecular flexibility index (Phi) is 4.56. The highest BCUT2D eigenvalue weighted by Gasteiger charge is 2.11. The standard InChI is InChI=1S/C17H16FNO2/c1-11-7-13(9-19)3-4-14(11)10-21-17-6-5-15(18)8-16(17)12(2)20/h3-8,12,20H,10H2,1-2H3/t12-/m0/s1. The van der Waals surface area contributed by atoms with Gasteiger partial charge in [-0.15, -0.1) is 0 Å². The average molecular weight is 285 g/mol. The van der Waals surface area contributed by atoms with Crippen molar-refractivity contribution in [3.8, 4) is 11.8 Å². The number of aryl methyl sites for hydroxylation is 1. The molecule has 108 valence electrons. The summed E-state index contributed by atoms with van der Waals surface area (Å²) in [6.45, 7) is 3.76. The van der Waals surface area contributed by atoms with Crippen molar-refractivity contribution >= 4 is 0 Å². The average Bonchev–Trinajstić information content (AvgIpc) is 2.46. The SMILES string of the molecule is Cc1cc(C#N)ccc1COc1ccc(F)cc1[C@H](C)O. The van der Waals surface area contributed by atoms with Crippen molar-refractivity contribution in [3.05, 3.63) is 64.5 Å². The maximum Gasteiger partial charge on any atom is 0.125 e. The van der Waals surface area contributed by atoms with Crippen molar-refractivity contribution in [1.29, 1.82) is 5.26 Å². The minimum atomic E-state index is -0.808. The fraction of sp³-hybridized carbons (Fsp3) is 0.235. The lowest BCUT2D eigenvalue weighted by Gasteiger charge is -2.14. The quantitative estimate of drug-likeness (QED) is 0.933. The second-order valence-corrected chi connectivity index (χ2v) is 4.90. The number of nitrogens with zero attached hydrogens (tertiary/aromatic N) is 1. The van der Waals surface area contributed by atoms with E-state index in [9.17, 15) is 9.50 Å². The molecule has 2 aromatic carbocycles. The van der Waals surface area contributed by atoms with E-state index in [0.29, 0.717) is 23.5 Å². The van der Waals surface area contributed by atoms with Gasteiger partial charge in [0.2, 0.25) is 0 Å². The van der Waals surface area contributed by atoms with Crippen LogP contribution in [0.4, 0.5) is 4.39 Å². The maximum atomic E-state index is 13.2. The molecule has 4 heteroatoms. The van der Waals surface area contributed by atoms with Crippen LogP contribution in [0.25, 0.3) is 0 Å². The Hall–Kier alpha value is -2.38. The minimum absolute atomic E-state index is 0.295. The molecule has 0 aliphatic heterocycles. The smallest absolute Gasteiger partial charge is 0.125 e. The van der Waals surface area contributed by atoms with Gasteiger partial charge in [0, 0.05) is 5.56 Å². The molecule has 0 aliphatic rings. The number of aliphatic hydroxyl groups excluding tert-OH is 1. The second kappa shape index (κ2) is 6.38. The second-order valence-electron chi connectivity index (χ2n) is 4.90. The van der Waals surface area contributed by atoms with Gasteiger partial charge in [-0.3, -0.25) is 0 Å². The van der Waals surface area contributed by atoms with Crippen molar-refractivity contribution in [1.82, 2.24) is 0 Å². The molecule has 0 unspecified atom stereocenters. The fourth-order valence-corrected chi connectivity index (χ4v) is 2.06. The molecule has 0 amide bonds. The minimum Gasteiger partial charge on any atom is -0.489 e. The summed E-state index contributed by atoms with van der Waals surface area (Å²) in [5.41, 5.74) is 2.91. The lowest BCUT2D eigenvalue weighted by Crippen LogP contribution is -2.03. The van der Waals surface area contributed by atoms with Crippen LogP contribution in [0.3, 0.4) is 0 Å². The number of ether oxygens (including phenoxy) is 1. The number of halogens is 1. The predicted octanol–water partition coefficient (Wildman–Crippen LogP) is 3.64. The normalized spacial score (nSPS) is 11.8. The molecule has 21 heavy (non-hydrogen) atoms. The van der Waals surface area contributed by atoms with Crippen LogP contribution in [0.2, 0.25) is 0 Å². The van der Waals surface area contributed by atoms with E-state index in [0.717, 1.165) is 11.1 Å². The van der Waals surface area contributed by atoms with Crippen molar-refractivity contribution < 1.29 is 14.2 Å². The highest BCUT2D eigenvalue weighted by atomic mass is 19.1. The summed E-state index contributed by atoms with van der Waals surface area (Å²) in [6, 6.07) is 11.5. The van der Waals surface area contributed by atoms with E-state index in [1.807, 2.05) is 13.0 Å². The Morgan fingerprint density at radius 3 is 2.67 bits per heavy atom. The summed E-state index contributed by atoms with van der Waals surface area (Å²) < 4.78 is 18.9. The summed E-state index contributed by atoms with van der Waals surface area (Å²) >= 11 is 0. The zero-order valence-corrected chi connectivity index (χ0v) is 11.9. The van der Waals surface area contributed by atoms with Crippen molar-refractivity contribution in [2.45, 2.75) is 26.6 Å². The topological polar surface area (TPSA) is 53.2 Å². The molecule has 3 nitrogen and oxygen atoms in total. The first-order chi connectivity index (χ1) is 10.0. The van der Waals surface area contributed by atoms with Gasteiger partial charge in [-0.25, -0.2) is 4.39 Å². The number of aliphatic hydroxyl groups is 1. The molecule has 0 aromatic heterocycles. The molecule has 0 radical (unpaired) electrons. The van der Waals surface area contributed by atoms with Crippen molar-refractivity contribution in [3.63, 3.8) is 0 Å². The van der Waals surface area contributed by atoms with Gasteiger partial charge in [-0.05, 0) is 55.3 Å². The third-order valence-corrected chi connectivity index (χ3v) is 3.28. The number of hydrogen-bond donors (Lipinski definition) is 1. The summed E-state index contributed by atoms with van der Waals surface area (Å²) in [5.74, 6) is 0.0444. The van der Waals surface area contributed by atoms with E-state index in [1.165, 1.54) is 18.2 Å². The van der Waals surface area contributed by atoms with Crippen molar-refractivity contribution in [2.75, 3.05) is 0 Å². The van der Waals surface area contributed by atoms with Gasteiger partial charge < -0.3 is 9.84 Å². The number of hydrogen-bond acceptors (Lipinski definition) is 3. The first-order valence-corrected chi connectivity index (χ1v) is 6.61. The van der Waals surface area contributed by atoms with Crippen LogP contribution >= 0.6 is 0 Å².